The van der Waals surface area contributed by atoms with Gasteiger partial charge in [-0.3, -0.25) is 4.79 Å². The summed E-state index contributed by atoms with van der Waals surface area (Å²) in [6.45, 7) is 6.05. The lowest BCUT2D eigenvalue weighted by Crippen LogP contribution is -2.37. The fourth-order valence-corrected chi connectivity index (χ4v) is 3.71. The number of hydrogen-bond acceptors (Lipinski definition) is 2. The molecule has 1 aliphatic rings. The average Bonchev–Trinajstić information content (AvgIpc) is 2.82. The molecule has 0 bridgehead atoms. The van der Waals surface area contributed by atoms with Crippen LogP contribution in [-0.4, -0.2) is 29.0 Å². The first kappa shape index (κ1) is 10.8. The third kappa shape index (κ3) is 1.37. The molecule has 3 nitrogen and oxygen atoms in total. The zero-order valence-electron chi connectivity index (χ0n) is 10.4. The maximum atomic E-state index is 12.3. The summed E-state index contributed by atoms with van der Waals surface area (Å²) in [5.41, 5.74) is 3.37. The predicted octanol–water partition coefficient (Wildman–Crippen LogP) is 2.91. The maximum absolute atomic E-state index is 12.3. The molecule has 3 heterocycles. The van der Waals surface area contributed by atoms with Crippen molar-refractivity contribution in [3.05, 3.63) is 22.7 Å². The third-order valence-electron chi connectivity index (χ3n) is 3.49. The molecule has 0 unspecified atom stereocenters. The van der Waals surface area contributed by atoms with Crippen molar-refractivity contribution in [1.29, 1.82) is 0 Å². The molecule has 90 valence electrons. The van der Waals surface area contributed by atoms with E-state index in [1.807, 2.05) is 11.9 Å². The monoisotopic (exact) mass is 248 g/mol. The van der Waals surface area contributed by atoms with E-state index in [0.717, 1.165) is 18.8 Å². The summed E-state index contributed by atoms with van der Waals surface area (Å²) in [7, 11) is 1.89. The largest absolute Gasteiger partial charge is 0.339 e. The lowest BCUT2D eigenvalue weighted by Gasteiger charge is -2.26. The number of thiophene rings is 1. The summed E-state index contributed by atoms with van der Waals surface area (Å²) in [5, 5.41) is 2.12. The standard InChI is InChI=1S/C13H16N2OS/c1-8(2)10-11-13(16)14(3)5-6-15(11)9-4-7-17-12(9)10/h4,7-8H,5-6H2,1-3H3. The van der Waals surface area contributed by atoms with Crippen LogP contribution in [0.25, 0.3) is 10.2 Å². The number of carbonyl (C=O) groups excluding carboxylic acids is 1. The molecule has 0 saturated carbocycles. The van der Waals surface area contributed by atoms with Crippen LogP contribution in [0.2, 0.25) is 0 Å². The molecule has 0 atom stereocenters. The van der Waals surface area contributed by atoms with E-state index in [1.165, 1.54) is 15.8 Å². The van der Waals surface area contributed by atoms with E-state index in [4.69, 9.17) is 0 Å². The van der Waals surface area contributed by atoms with E-state index in [1.54, 1.807) is 11.3 Å². The SMILES string of the molecule is CC(C)c1c2n(c3ccsc13)CCN(C)C2=O. The Kier molecular flexibility index (Phi) is 2.30. The van der Waals surface area contributed by atoms with Gasteiger partial charge in [0.1, 0.15) is 5.69 Å². The number of likely N-dealkylation sites (N-methyl/N-ethyl adjacent to an activating group) is 1. The highest BCUT2D eigenvalue weighted by Gasteiger charge is 2.30. The van der Waals surface area contributed by atoms with E-state index in [2.05, 4.69) is 29.9 Å². The number of amides is 1. The van der Waals surface area contributed by atoms with Crippen LogP contribution in [0.15, 0.2) is 11.4 Å². The first-order valence-electron chi connectivity index (χ1n) is 5.96. The van der Waals surface area contributed by atoms with Crippen molar-refractivity contribution >= 4 is 27.5 Å². The van der Waals surface area contributed by atoms with Crippen LogP contribution in [0.4, 0.5) is 0 Å². The van der Waals surface area contributed by atoms with Crippen molar-refractivity contribution in [2.75, 3.05) is 13.6 Å². The number of carbonyl (C=O) groups is 1. The van der Waals surface area contributed by atoms with Crippen molar-refractivity contribution in [2.45, 2.75) is 26.3 Å². The molecule has 0 spiro atoms. The third-order valence-corrected chi connectivity index (χ3v) is 4.43. The Morgan fingerprint density at radius 1 is 1.35 bits per heavy atom. The maximum Gasteiger partial charge on any atom is 0.270 e. The molecule has 2 aromatic rings. The van der Waals surface area contributed by atoms with Gasteiger partial charge in [0.05, 0.1) is 10.2 Å². The second-order valence-corrected chi connectivity index (χ2v) is 5.85. The number of rotatable bonds is 1. The van der Waals surface area contributed by atoms with Crippen LogP contribution >= 0.6 is 11.3 Å². The molecule has 1 amide bonds. The van der Waals surface area contributed by atoms with E-state index in [0.29, 0.717) is 5.92 Å². The molecule has 17 heavy (non-hydrogen) atoms. The lowest BCUT2D eigenvalue weighted by molar-refractivity contribution is 0.0749. The van der Waals surface area contributed by atoms with Crippen molar-refractivity contribution in [2.24, 2.45) is 0 Å². The molecular formula is C13H16N2OS. The molecule has 3 rings (SSSR count). The predicted molar refractivity (Wildman–Crippen MR) is 70.9 cm³/mol. The van der Waals surface area contributed by atoms with Gasteiger partial charge in [-0.1, -0.05) is 13.8 Å². The van der Waals surface area contributed by atoms with Gasteiger partial charge in [0.25, 0.3) is 5.91 Å². The van der Waals surface area contributed by atoms with Crippen LogP contribution in [-0.2, 0) is 6.54 Å². The summed E-state index contributed by atoms with van der Waals surface area (Å²) < 4.78 is 3.49. The molecule has 0 fully saturated rings. The Morgan fingerprint density at radius 3 is 2.82 bits per heavy atom. The molecule has 1 aliphatic heterocycles. The molecule has 0 aromatic carbocycles. The van der Waals surface area contributed by atoms with Crippen LogP contribution in [0.5, 0.6) is 0 Å². The van der Waals surface area contributed by atoms with Crippen LogP contribution in [0, 0.1) is 0 Å². The Balaban J connectivity index is 2.37. The minimum absolute atomic E-state index is 0.170. The first-order chi connectivity index (χ1) is 8.11. The highest BCUT2D eigenvalue weighted by molar-refractivity contribution is 7.17. The Morgan fingerprint density at radius 2 is 2.12 bits per heavy atom. The van der Waals surface area contributed by atoms with Crippen LogP contribution < -0.4 is 0 Å². The van der Waals surface area contributed by atoms with Crippen molar-refractivity contribution in [1.82, 2.24) is 9.47 Å². The summed E-state index contributed by atoms with van der Waals surface area (Å²) >= 11 is 1.75. The summed E-state index contributed by atoms with van der Waals surface area (Å²) in [5.74, 6) is 0.561. The van der Waals surface area contributed by atoms with Gasteiger partial charge in [0.2, 0.25) is 0 Å². The quantitative estimate of drug-likeness (QED) is 0.761. The second kappa shape index (κ2) is 3.60. The van der Waals surface area contributed by atoms with Crippen molar-refractivity contribution in [3.63, 3.8) is 0 Å². The fourth-order valence-electron chi connectivity index (χ4n) is 2.62. The normalized spacial score (nSPS) is 16.0. The van der Waals surface area contributed by atoms with Crippen LogP contribution in [0.1, 0.15) is 35.8 Å². The van der Waals surface area contributed by atoms with Gasteiger partial charge >= 0.3 is 0 Å². The van der Waals surface area contributed by atoms with Crippen LogP contribution in [0.3, 0.4) is 0 Å². The molecule has 4 heteroatoms. The zero-order valence-corrected chi connectivity index (χ0v) is 11.2. The van der Waals surface area contributed by atoms with E-state index >= 15 is 0 Å². The molecular weight excluding hydrogens is 232 g/mol. The van der Waals surface area contributed by atoms with Gasteiger partial charge in [-0.2, -0.15) is 0 Å². The average molecular weight is 248 g/mol. The first-order valence-corrected chi connectivity index (χ1v) is 6.84. The fraction of sp³-hybridized carbons (Fsp3) is 0.462. The van der Waals surface area contributed by atoms with Crippen molar-refractivity contribution in [3.8, 4) is 0 Å². The van der Waals surface area contributed by atoms with Crippen molar-refractivity contribution < 1.29 is 4.79 Å². The minimum atomic E-state index is 0.170. The summed E-state index contributed by atoms with van der Waals surface area (Å²) in [6.07, 6.45) is 0. The topological polar surface area (TPSA) is 25.2 Å². The van der Waals surface area contributed by atoms with Gasteiger partial charge in [-0.15, -0.1) is 11.3 Å². The molecule has 0 saturated heterocycles. The second-order valence-electron chi connectivity index (χ2n) is 4.93. The smallest absolute Gasteiger partial charge is 0.270 e. The lowest BCUT2D eigenvalue weighted by atomic mass is 10.0. The molecule has 0 N–H and O–H groups in total. The van der Waals surface area contributed by atoms with Gasteiger partial charge < -0.3 is 9.47 Å². The zero-order chi connectivity index (χ0) is 12.2. The highest BCUT2D eigenvalue weighted by atomic mass is 32.1. The number of nitrogens with zero attached hydrogens (tertiary/aromatic N) is 2. The van der Waals surface area contributed by atoms with E-state index < -0.39 is 0 Å². The summed E-state index contributed by atoms with van der Waals surface area (Å²) in [6, 6.07) is 2.13. The summed E-state index contributed by atoms with van der Waals surface area (Å²) in [4.78, 5) is 14.1. The molecule has 2 aromatic heterocycles. The Labute approximate surface area is 105 Å². The van der Waals surface area contributed by atoms with Gasteiger partial charge in [0, 0.05) is 25.7 Å². The van der Waals surface area contributed by atoms with Gasteiger partial charge in [0.15, 0.2) is 0 Å². The Bertz CT molecular complexity index is 594. The number of hydrogen-bond donors (Lipinski definition) is 0. The van der Waals surface area contributed by atoms with Gasteiger partial charge in [-0.25, -0.2) is 0 Å². The number of aromatic nitrogens is 1. The molecule has 0 radical (unpaired) electrons. The minimum Gasteiger partial charge on any atom is -0.339 e. The molecule has 0 aliphatic carbocycles. The Hall–Kier alpha value is -1.29. The van der Waals surface area contributed by atoms with Gasteiger partial charge in [-0.05, 0) is 17.4 Å². The number of fused-ring (bicyclic) bond motifs is 3. The van der Waals surface area contributed by atoms with E-state index in [-0.39, 0.29) is 5.91 Å². The highest BCUT2D eigenvalue weighted by Crippen LogP contribution is 2.37. The van der Waals surface area contributed by atoms with E-state index in [9.17, 15) is 4.79 Å².